The van der Waals surface area contributed by atoms with E-state index >= 15 is 0 Å². The van der Waals surface area contributed by atoms with Crippen LogP contribution in [0.4, 0.5) is 5.69 Å². The van der Waals surface area contributed by atoms with E-state index in [0.717, 1.165) is 31.4 Å². The molecule has 24 heavy (non-hydrogen) atoms. The lowest BCUT2D eigenvalue weighted by molar-refractivity contribution is -0.145. The van der Waals surface area contributed by atoms with Crippen LogP contribution in [0, 0.1) is 0 Å². The van der Waals surface area contributed by atoms with Crippen LogP contribution in [0.25, 0.3) is 0 Å². The van der Waals surface area contributed by atoms with Gasteiger partial charge in [0.1, 0.15) is 0 Å². The quantitative estimate of drug-likeness (QED) is 0.863. The normalized spacial score (nSPS) is 18.0. The van der Waals surface area contributed by atoms with Gasteiger partial charge in [0.15, 0.2) is 0 Å². The van der Waals surface area contributed by atoms with Gasteiger partial charge in [0, 0.05) is 31.2 Å². The second-order valence-electron chi connectivity index (χ2n) is 6.23. The van der Waals surface area contributed by atoms with Crippen LogP contribution in [0.2, 0.25) is 0 Å². The summed E-state index contributed by atoms with van der Waals surface area (Å²) in [6.07, 6.45) is 5.96. The minimum absolute atomic E-state index is 0.0403. The van der Waals surface area contributed by atoms with Crippen LogP contribution in [0.5, 0.6) is 0 Å². The van der Waals surface area contributed by atoms with Crippen molar-refractivity contribution in [2.75, 3.05) is 11.9 Å². The van der Waals surface area contributed by atoms with E-state index in [1.807, 2.05) is 48.1 Å². The lowest BCUT2D eigenvalue weighted by atomic mass is 10.1. The van der Waals surface area contributed by atoms with Gasteiger partial charge < -0.3 is 14.8 Å². The molecule has 1 aromatic heterocycles. The molecule has 0 spiro atoms. The summed E-state index contributed by atoms with van der Waals surface area (Å²) in [6, 6.07) is 13.1. The van der Waals surface area contributed by atoms with Crippen LogP contribution in [0.1, 0.15) is 37.4 Å². The molecule has 1 aliphatic heterocycles. The Hall–Kier alpha value is -2.56. The van der Waals surface area contributed by atoms with E-state index in [0.29, 0.717) is 12.2 Å². The number of benzene rings is 1. The molecule has 1 atom stereocenters. The number of nitrogens with one attached hydrogen (secondary N) is 1. The molecule has 2 aromatic rings. The molecule has 5 nitrogen and oxygen atoms in total. The number of para-hydroxylation sites is 1. The third kappa shape index (κ3) is 3.50. The van der Waals surface area contributed by atoms with Crippen LogP contribution in [-0.2, 0) is 16.6 Å². The van der Waals surface area contributed by atoms with E-state index in [4.69, 9.17) is 0 Å². The standard InChI is InChI=1S/C19H23N3O2/c1-21-13-8-12-16(21)17-11-6-3-7-14-22(17)19(24)18(23)20-15-9-4-2-5-10-15/h2,4-5,8-10,12-13,17H,3,6-7,11,14H2,1H3,(H,20,23)/t17-/m0/s1. The molecule has 1 aliphatic rings. The van der Waals surface area contributed by atoms with E-state index in [1.165, 1.54) is 0 Å². The van der Waals surface area contributed by atoms with Crippen molar-refractivity contribution >= 4 is 17.5 Å². The van der Waals surface area contributed by atoms with Gasteiger partial charge in [-0.05, 0) is 37.1 Å². The number of anilines is 1. The van der Waals surface area contributed by atoms with Crippen molar-refractivity contribution in [3.8, 4) is 0 Å². The summed E-state index contributed by atoms with van der Waals surface area (Å²) in [4.78, 5) is 26.9. The Kier molecular flexibility index (Phi) is 4.99. The van der Waals surface area contributed by atoms with Crippen molar-refractivity contribution in [3.63, 3.8) is 0 Å². The predicted octanol–water partition coefficient (Wildman–Crippen LogP) is 3.11. The molecule has 0 radical (unpaired) electrons. The Morgan fingerprint density at radius 1 is 1.04 bits per heavy atom. The Morgan fingerprint density at radius 2 is 1.83 bits per heavy atom. The predicted molar refractivity (Wildman–Crippen MR) is 93.4 cm³/mol. The van der Waals surface area contributed by atoms with Gasteiger partial charge in [0.2, 0.25) is 0 Å². The molecule has 2 amide bonds. The summed E-state index contributed by atoms with van der Waals surface area (Å²) in [7, 11) is 1.98. The zero-order valence-corrected chi connectivity index (χ0v) is 13.9. The van der Waals surface area contributed by atoms with Crippen molar-refractivity contribution < 1.29 is 9.59 Å². The molecule has 126 valence electrons. The Morgan fingerprint density at radius 3 is 2.54 bits per heavy atom. The summed E-state index contributed by atoms with van der Waals surface area (Å²) in [5.74, 6) is -1.02. The highest BCUT2D eigenvalue weighted by Gasteiger charge is 2.31. The van der Waals surface area contributed by atoms with Crippen LogP contribution in [-0.4, -0.2) is 27.8 Å². The van der Waals surface area contributed by atoms with E-state index in [-0.39, 0.29) is 6.04 Å². The maximum Gasteiger partial charge on any atom is 0.313 e. The lowest BCUT2D eigenvalue weighted by Gasteiger charge is -2.30. The van der Waals surface area contributed by atoms with E-state index in [1.54, 1.807) is 17.0 Å². The SMILES string of the molecule is Cn1cccc1[C@@H]1CCCCCN1C(=O)C(=O)Nc1ccccc1. The Labute approximate surface area is 142 Å². The summed E-state index contributed by atoms with van der Waals surface area (Å²) in [5, 5.41) is 2.70. The van der Waals surface area contributed by atoms with Gasteiger partial charge >= 0.3 is 11.8 Å². The maximum atomic E-state index is 12.8. The largest absolute Gasteiger partial charge is 0.353 e. The van der Waals surface area contributed by atoms with Gasteiger partial charge in [0.25, 0.3) is 0 Å². The molecule has 1 N–H and O–H groups in total. The number of carbonyl (C=O) groups excluding carboxylic acids is 2. The van der Waals surface area contributed by atoms with Crippen LogP contribution >= 0.6 is 0 Å². The fraction of sp³-hybridized carbons (Fsp3) is 0.368. The first kappa shape index (κ1) is 16.3. The third-order valence-corrected chi connectivity index (χ3v) is 4.56. The number of rotatable bonds is 2. The molecule has 1 aromatic carbocycles. The van der Waals surface area contributed by atoms with Gasteiger partial charge in [-0.25, -0.2) is 0 Å². The zero-order valence-electron chi connectivity index (χ0n) is 13.9. The number of hydrogen-bond donors (Lipinski definition) is 1. The smallest absolute Gasteiger partial charge is 0.313 e. The molecule has 5 heteroatoms. The fourth-order valence-corrected chi connectivity index (χ4v) is 3.32. The molecule has 1 saturated heterocycles. The maximum absolute atomic E-state index is 12.8. The van der Waals surface area contributed by atoms with Crippen molar-refractivity contribution in [2.24, 2.45) is 7.05 Å². The lowest BCUT2D eigenvalue weighted by Crippen LogP contribution is -2.42. The molecular formula is C19H23N3O2. The second-order valence-corrected chi connectivity index (χ2v) is 6.23. The van der Waals surface area contributed by atoms with E-state index in [9.17, 15) is 9.59 Å². The summed E-state index contributed by atoms with van der Waals surface area (Å²) < 4.78 is 2.03. The van der Waals surface area contributed by atoms with Crippen LogP contribution in [0.3, 0.4) is 0 Å². The first-order valence-electron chi connectivity index (χ1n) is 8.45. The zero-order chi connectivity index (χ0) is 16.9. The number of hydrogen-bond acceptors (Lipinski definition) is 2. The van der Waals surface area contributed by atoms with E-state index in [2.05, 4.69) is 5.32 Å². The molecule has 0 bridgehead atoms. The molecule has 3 rings (SSSR count). The third-order valence-electron chi connectivity index (χ3n) is 4.56. The fourth-order valence-electron chi connectivity index (χ4n) is 3.32. The van der Waals surface area contributed by atoms with Crippen LogP contribution < -0.4 is 5.32 Å². The Balaban J connectivity index is 1.79. The highest BCUT2D eigenvalue weighted by atomic mass is 16.2. The molecule has 0 saturated carbocycles. The van der Waals surface area contributed by atoms with Crippen molar-refractivity contribution in [2.45, 2.75) is 31.7 Å². The highest BCUT2D eigenvalue weighted by molar-refractivity contribution is 6.39. The number of carbonyl (C=O) groups is 2. The Bertz CT molecular complexity index is 708. The number of nitrogens with zero attached hydrogens (tertiary/aromatic N) is 2. The molecule has 0 aliphatic carbocycles. The summed E-state index contributed by atoms with van der Waals surface area (Å²) in [5.41, 5.74) is 1.72. The topological polar surface area (TPSA) is 54.3 Å². The first-order chi connectivity index (χ1) is 11.7. The molecule has 0 unspecified atom stereocenters. The van der Waals surface area contributed by atoms with Crippen molar-refractivity contribution in [1.82, 2.24) is 9.47 Å². The summed E-state index contributed by atoms with van der Waals surface area (Å²) >= 11 is 0. The monoisotopic (exact) mass is 325 g/mol. The number of aromatic nitrogens is 1. The number of amides is 2. The van der Waals surface area contributed by atoms with Gasteiger partial charge in [0.05, 0.1) is 6.04 Å². The minimum Gasteiger partial charge on any atom is -0.353 e. The number of aryl methyl sites for hydroxylation is 1. The average Bonchev–Trinajstić information content (AvgIpc) is 2.87. The number of likely N-dealkylation sites (tertiary alicyclic amines) is 1. The van der Waals surface area contributed by atoms with Gasteiger partial charge in [-0.2, -0.15) is 0 Å². The van der Waals surface area contributed by atoms with Crippen molar-refractivity contribution in [3.05, 3.63) is 54.4 Å². The van der Waals surface area contributed by atoms with Gasteiger partial charge in [-0.1, -0.05) is 31.0 Å². The molecule has 2 heterocycles. The second kappa shape index (κ2) is 7.34. The van der Waals surface area contributed by atoms with Crippen LogP contribution in [0.15, 0.2) is 48.7 Å². The first-order valence-corrected chi connectivity index (χ1v) is 8.45. The summed E-state index contributed by atoms with van der Waals surface area (Å²) in [6.45, 7) is 0.622. The van der Waals surface area contributed by atoms with Crippen molar-refractivity contribution in [1.29, 1.82) is 0 Å². The average molecular weight is 325 g/mol. The molecule has 1 fully saturated rings. The highest BCUT2D eigenvalue weighted by Crippen LogP contribution is 2.30. The minimum atomic E-state index is -0.567. The van der Waals surface area contributed by atoms with E-state index < -0.39 is 11.8 Å². The van der Waals surface area contributed by atoms with Gasteiger partial charge in [-0.3, -0.25) is 9.59 Å². The molecular weight excluding hydrogens is 302 g/mol. The van der Waals surface area contributed by atoms with Gasteiger partial charge in [-0.15, -0.1) is 0 Å².